The van der Waals surface area contributed by atoms with E-state index in [1.54, 1.807) is 0 Å². The largest absolute Gasteiger partial charge is 0.364 e. The molecule has 0 unspecified atom stereocenters. The summed E-state index contributed by atoms with van der Waals surface area (Å²) in [5, 5.41) is 4.70. The Balaban J connectivity index is 1.71. The monoisotopic (exact) mass is 283 g/mol. The van der Waals surface area contributed by atoms with Crippen molar-refractivity contribution in [3.63, 3.8) is 0 Å². The van der Waals surface area contributed by atoms with Gasteiger partial charge in [0.15, 0.2) is 5.17 Å². The Morgan fingerprint density at radius 1 is 1.21 bits per heavy atom. The first-order valence-corrected chi connectivity index (χ1v) is 8.90. The van der Waals surface area contributed by atoms with Crippen molar-refractivity contribution >= 4 is 16.9 Å². The maximum absolute atomic E-state index is 4.80. The van der Waals surface area contributed by atoms with Gasteiger partial charge >= 0.3 is 0 Å². The SMILES string of the molecule is CCN(CC)CCNC1=NCC2(CCCCC2)CS1. The van der Waals surface area contributed by atoms with Crippen molar-refractivity contribution in [2.24, 2.45) is 10.4 Å². The number of nitrogens with zero attached hydrogens (tertiary/aromatic N) is 2. The van der Waals surface area contributed by atoms with Gasteiger partial charge in [0, 0.05) is 25.4 Å². The van der Waals surface area contributed by atoms with Crippen LogP contribution in [0.5, 0.6) is 0 Å². The van der Waals surface area contributed by atoms with E-state index < -0.39 is 0 Å². The topological polar surface area (TPSA) is 27.6 Å². The maximum atomic E-state index is 4.80. The molecule has 2 aliphatic rings. The third-order valence-electron chi connectivity index (χ3n) is 4.59. The van der Waals surface area contributed by atoms with Crippen LogP contribution in [0.25, 0.3) is 0 Å². The van der Waals surface area contributed by atoms with E-state index in [0.717, 1.165) is 32.7 Å². The lowest BCUT2D eigenvalue weighted by atomic mass is 9.75. The van der Waals surface area contributed by atoms with Crippen LogP contribution in [0, 0.1) is 5.41 Å². The van der Waals surface area contributed by atoms with Gasteiger partial charge in [0.2, 0.25) is 0 Å². The third kappa shape index (κ3) is 4.38. The molecule has 3 nitrogen and oxygen atoms in total. The molecule has 0 atom stereocenters. The van der Waals surface area contributed by atoms with Crippen molar-refractivity contribution in [2.75, 3.05) is 38.5 Å². The average molecular weight is 283 g/mol. The lowest BCUT2D eigenvalue weighted by Crippen LogP contribution is -2.39. The molecule has 0 aromatic carbocycles. The molecule has 19 heavy (non-hydrogen) atoms. The molecule has 1 spiro atoms. The minimum absolute atomic E-state index is 0.549. The fraction of sp³-hybridized carbons (Fsp3) is 0.933. The average Bonchev–Trinajstić information content (AvgIpc) is 2.47. The summed E-state index contributed by atoms with van der Waals surface area (Å²) in [5.41, 5.74) is 0.549. The van der Waals surface area contributed by atoms with Crippen LogP contribution in [0.15, 0.2) is 4.99 Å². The van der Waals surface area contributed by atoms with E-state index in [4.69, 9.17) is 4.99 Å². The van der Waals surface area contributed by atoms with Crippen LogP contribution in [0.1, 0.15) is 46.0 Å². The summed E-state index contributed by atoms with van der Waals surface area (Å²) in [6.45, 7) is 9.94. The van der Waals surface area contributed by atoms with Gasteiger partial charge in [0.25, 0.3) is 0 Å². The fourth-order valence-electron chi connectivity index (χ4n) is 3.12. The van der Waals surface area contributed by atoms with Gasteiger partial charge in [-0.1, -0.05) is 44.9 Å². The molecular weight excluding hydrogens is 254 g/mol. The summed E-state index contributed by atoms with van der Waals surface area (Å²) in [6, 6.07) is 0. The molecular formula is C15H29N3S. The Hall–Kier alpha value is -0.220. The molecule has 1 heterocycles. The van der Waals surface area contributed by atoms with Crippen LogP contribution in [0.2, 0.25) is 0 Å². The highest BCUT2D eigenvalue weighted by Crippen LogP contribution is 2.41. The molecule has 0 aromatic rings. The molecule has 110 valence electrons. The maximum Gasteiger partial charge on any atom is 0.156 e. The van der Waals surface area contributed by atoms with Gasteiger partial charge in [-0.05, 0) is 31.3 Å². The van der Waals surface area contributed by atoms with Crippen LogP contribution >= 0.6 is 11.8 Å². The second-order valence-corrected chi connectivity index (χ2v) is 6.89. The molecule has 2 rings (SSSR count). The molecule has 4 heteroatoms. The number of thioether (sulfide) groups is 1. The van der Waals surface area contributed by atoms with Gasteiger partial charge in [-0.25, -0.2) is 0 Å². The van der Waals surface area contributed by atoms with Gasteiger partial charge in [-0.3, -0.25) is 4.99 Å². The Bertz CT molecular complexity index is 294. The van der Waals surface area contributed by atoms with Crippen LogP contribution < -0.4 is 5.32 Å². The minimum atomic E-state index is 0.549. The van der Waals surface area contributed by atoms with Gasteiger partial charge in [-0.2, -0.15) is 0 Å². The van der Waals surface area contributed by atoms with Gasteiger partial charge < -0.3 is 10.2 Å². The summed E-state index contributed by atoms with van der Waals surface area (Å²) in [7, 11) is 0. The van der Waals surface area contributed by atoms with Crippen molar-refractivity contribution < 1.29 is 0 Å². The molecule has 1 saturated carbocycles. The van der Waals surface area contributed by atoms with E-state index in [9.17, 15) is 0 Å². The van der Waals surface area contributed by atoms with Crippen molar-refractivity contribution in [2.45, 2.75) is 46.0 Å². The lowest BCUT2D eigenvalue weighted by molar-refractivity contribution is 0.232. The second-order valence-electron chi connectivity index (χ2n) is 5.92. The lowest BCUT2D eigenvalue weighted by Gasteiger charge is -2.38. The zero-order chi connectivity index (χ0) is 13.6. The Morgan fingerprint density at radius 3 is 2.53 bits per heavy atom. The predicted octanol–water partition coefficient (Wildman–Crippen LogP) is 2.97. The van der Waals surface area contributed by atoms with Crippen molar-refractivity contribution in [3.8, 4) is 0 Å². The number of amidine groups is 1. The number of hydrogen-bond donors (Lipinski definition) is 1. The molecule has 1 aliphatic heterocycles. The normalized spacial score (nSPS) is 22.6. The number of aliphatic imine (C=N–C) groups is 1. The van der Waals surface area contributed by atoms with Crippen molar-refractivity contribution in [1.29, 1.82) is 0 Å². The molecule has 0 bridgehead atoms. The number of rotatable bonds is 5. The first-order valence-electron chi connectivity index (χ1n) is 7.91. The Labute approximate surface area is 122 Å². The van der Waals surface area contributed by atoms with Crippen LogP contribution in [-0.4, -0.2) is 48.5 Å². The molecule has 1 fully saturated rings. The highest BCUT2D eigenvalue weighted by Gasteiger charge is 2.34. The smallest absolute Gasteiger partial charge is 0.156 e. The molecule has 1 aliphatic carbocycles. The molecule has 0 saturated heterocycles. The van der Waals surface area contributed by atoms with Gasteiger partial charge in [-0.15, -0.1) is 0 Å². The van der Waals surface area contributed by atoms with E-state index in [1.807, 2.05) is 11.8 Å². The zero-order valence-corrected chi connectivity index (χ0v) is 13.4. The molecule has 1 N–H and O–H groups in total. The summed E-state index contributed by atoms with van der Waals surface area (Å²) in [4.78, 5) is 7.25. The van der Waals surface area contributed by atoms with Crippen LogP contribution in [-0.2, 0) is 0 Å². The van der Waals surface area contributed by atoms with Crippen LogP contribution in [0.3, 0.4) is 0 Å². The van der Waals surface area contributed by atoms with Crippen LogP contribution in [0.4, 0.5) is 0 Å². The Morgan fingerprint density at radius 2 is 1.95 bits per heavy atom. The summed E-state index contributed by atoms with van der Waals surface area (Å²) in [6.07, 6.45) is 7.07. The number of nitrogens with one attached hydrogen (secondary N) is 1. The van der Waals surface area contributed by atoms with E-state index in [0.29, 0.717) is 5.41 Å². The molecule has 0 aromatic heterocycles. The minimum Gasteiger partial charge on any atom is -0.364 e. The third-order valence-corrected chi connectivity index (χ3v) is 5.89. The number of hydrogen-bond acceptors (Lipinski definition) is 4. The highest BCUT2D eigenvalue weighted by molar-refractivity contribution is 8.13. The highest BCUT2D eigenvalue weighted by atomic mass is 32.2. The fourth-order valence-corrected chi connectivity index (χ4v) is 4.31. The summed E-state index contributed by atoms with van der Waals surface area (Å²) >= 11 is 1.96. The quantitative estimate of drug-likeness (QED) is 0.840. The van der Waals surface area contributed by atoms with E-state index >= 15 is 0 Å². The standard InChI is InChI=1S/C15H29N3S/c1-3-18(4-2)11-10-16-14-17-12-15(13-19-14)8-6-5-7-9-15/h3-13H2,1-2H3,(H,16,17). The van der Waals surface area contributed by atoms with E-state index in [-0.39, 0.29) is 0 Å². The van der Waals surface area contributed by atoms with Crippen molar-refractivity contribution in [1.82, 2.24) is 10.2 Å². The molecule has 0 radical (unpaired) electrons. The number of likely N-dealkylation sites (N-methyl/N-ethyl adjacent to an activating group) is 1. The van der Waals surface area contributed by atoms with Gasteiger partial charge in [0.1, 0.15) is 0 Å². The van der Waals surface area contributed by atoms with E-state index in [1.165, 1.54) is 43.0 Å². The predicted molar refractivity (Wildman–Crippen MR) is 86.1 cm³/mol. The summed E-state index contributed by atoms with van der Waals surface area (Å²) in [5.74, 6) is 1.28. The second kappa shape index (κ2) is 7.53. The van der Waals surface area contributed by atoms with Crippen molar-refractivity contribution in [3.05, 3.63) is 0 Å². The Kier molecular flexibility index (Phi) is 6.02. The van der Waals surface area contributed by atoms with Gasteiger partial charge in [0.05, 0.1) is 0 Å². The molecule has 0 amide bonds. The first kappa shape index (κ1) is 15.2. The van der Waals surface area contributed by atoms with E-state index in [2.05, 4.69) is 24.1 Å². The zero-order valence-electron chi connectivity index (χ0n) is 12.6. The first-order chi connectivity index (χ1) is 9.28. The summed E-state index contributed by atoms with van der Waals surface area (Å²) < 4.78 is 0.